The van der Waals surface area contributed by atoms with Crippen LogP contribution in [0.3, 0.4) is 0 Å². The maximum atomic E-state index is 12.1. The number of ether oxygens (including phenoxy) is 2. The van der Waals surface area contributed by atoms with Crippen LogP contribution in [0.25, 0.3) is 0 Å². The summed E-state index contributed by atoms with van der Waals surface area (Å²) in [6.45, 7) is -0.573. The lowest BCUT2D eigenvalue weighted by Crippen LogP contribution is -2.43. The van der Waals surface area contributed by atoms with E-state index in [1.165, 1.54) is 24.3 Å². The van der Waals surface area contributed by atoms with E-state index in [2.05, 4.69) is 16.2 Å². The fourth-order valence-corrected chi connectivity index (χ4v) is 3.17. The summed E-state index contributed by atoms with van der Waals surface area (Å²) in [7, 11) is 0. The second-order valence-electron chi connectivity index (χ2n) is 7.65. The molecule has 3 amide bonds. The van der Waals surface area contributed by atoms with Crippen LogP contribution < -0.4 is 20.9 Å². The van der Waals surface area contributed by atoms with Crippen LogP contribution >= 0.6 is 23.2 Å². The number of anilines is 1. The van der Waals surface area contributed by atoms with Crippen LogP contribution in [0.5, 0.6) is 11.5 Å². The van der Waals surface area contributed by atoms with E-state index >= 15 is 0 Å². The van der Waals surface area contributed by atoms with Crippen LogP contribution in [0.2, 0.25) is 10.0 Å². The van der Waals surface area contributed by atoms with Crippen LogP contribution in [0.15, 0.2) is 72.8 Å². The fraction of sp³-hybridized carbons (Fsp3) is 0.154. The Hall–Kier alpha value is -4.08. The van der Waals surface area contributed by atoms with E-state index in [1.807, 2.05) is 0 Å². The zero-order chi connectivity index (χ0) is 26.6. The number of hydrogen-bond acceptors (Lipinski definition) is 6. The molecule has 0 radical (unpaired) electrons. The molecule has 0 aliphatic carbocycles. The first-order valence-corrected chi connectivity index (χ1v) is 11.9. The Labute approximate surface area is 223 Å². The molecule has 0 fully saturated rings. The van der Waals surface area contributed by atoms with Crippen molar-refractivity contribution in [3.8, 4) is 11.5 Å². The second kappa shape index (κ2) is 13.9. The van der Waals surface area contributed by atoms with Gasteiger partial charge < -0.3 is 14.8 Å². The van der Waals surface area contributed by atoms with Crippen LogP contribution in [0.1, 0.15) is 29.6 Å². The van der Waals surface area contributed by atoms with Gasteiger partial charge in [0.25, 0.3) is 11.8 Å². The number of nitrogens with one attached hydrogen (secondary N) is 3. The summed E-state index contributed by atoms with van der Waals surface area (Å²) < 4.78 is 10.6. The standard InChI is InChI=1S/C26H23Cl2N3O6/c27-18-6-4-17(5-7-18)26(35)31-30-24(33)16-36-25(34)3-1-2-23(32)29-20-10-14-22(15-11-20)37-21-12-8-19(28)9-13-21/h4-15H,1-3,16H2,(H,29,32)(H,30,33)(H,31,35). The van der Waals surface area contributed by atoms with Crippen LogP contribution in [0.4, 0.5) is 5.69 Å². The Balaban J connectivity index is 1.29. The molecule has 9 nitrogen and oxygen atoms in total. The number of benzene rings is 3. The van der Waals surface area contributed by atoms with Gasteiger partial charge in [0.15, 0.2) is 6.61 Å². The number of hydrazine groups is 1. The second-order valence-corrected chi connectivity index (χ2v) is 8.52. The molecule has 3 rings (SSSR count). The number of carbonyl (C=O) groups is 4. The number of carbonyl (C=O) groups excluding carboxylic acids is 4. The minimum atomic E-state index is -0.711. The van der Waals surface area contributed by atoms with Crippen molar-refractivity contribution in [2.75, 3.05) is 11.9 Å². The van der Waals surface area contributed by atoms with Gasteiger partial charge in [-0.05, 0) is 79.2 Å². The average Bonchev–Trinajstić information content (AvgIpc) is 2.89. The smallest absolute Gasteiger partial charge is 0.306 e. The van der Waals surface area contributed by atoms with E-state index in [0.29, 0.717) is 32.8 Å². The van der Waals surface area contributed by atoms with Crippen molar-refractivity contribution in [3.05, 3.63) is 88.4 Å². The first-order valence-electron chi connectivity index (χ1n) is 11.1. The lowest BCUT2D eigenvalue weighted by molar-refractivity contribution is -0.148. The Kier molecular flexibility index (Phi) is 10.3. The van der Waals surface area contributed by atoms with Crippen LogP contribution in [-0.2, 0) is 19.1 Å². The maximum Gasteiger partial charge on any atom is 0.306 e. The molecule has 0 heterocycles. The van der Waals surface area contributed by atoms with Gasteiger partial charge >= 0.3 is 5.97 Å². The van der Waals surface area contributed by atoms with Gasteiger partial charge in [0.1, 0.15) is 11.5 Å². The maximum absolute atomic E-state index is 12.1. The molecule has 0 aliphatic heterocycles. The third-order valence-electron chi connectivity index (χ3n) is 4.76. The van der Waals surface area contributed by atoms with Gasteiger partial charge in [0, 0.05) is 34.1 Å². The summed E-state index contributed by atoms with van der Waals surface area (Å²) in [5.74, 6) is -0.953. The summed E-state index contributed by atoms with van der Waals surface area (Å²) in [6, 6.07) is 19.8. The van der Waals surface area contributed by atoms with Gasteiger partial charge in [0.05, 0.1) is 0 Å². The predicted molar refractivity (Wildman–Crippen MR) is 138 cm³/mol. The van der Waals surface area contributed by atoms with E-state index in [9.17, 15) is 19.2 Å². The molecule has 0 saturated carbocycles. The van der Waals surface area contributed by atoms with E-state index in [-0.39, 0.29) is 25.2 Å². The van der Waals surface area contributed by atoms with Crippen molar-refractivity contribution < 1.29 is 28.7 Å². The molecule has 11 heteroatoms. The highest BCUT2D eigenvalue weighted by Crippen LogP contribution is 2.24. The fourth-order valence-electron chi connectivity index (χ4n) is 2.92. The third kappa shape index (κ3) is 9.83. The third-order valence-corrected chi connectivity index (χ3v) is 5.26. The normalized spacial score (nSPS) is 10.2. The topological polar surface area (TPSA) is 123 Å². The largest absolute Gasteiger partial charge is 0.457 e. The van der Waals surface area contributed by atoms with Gasteiger partial charge in [-0.3, -0.25) is 30.0 Å². The summed E-state index contributed by atoms with van der Waals surface area (Å²) in [5.41, 5.74) is 5.22. The Morgan fingerprint density at radius 1 is 0.676 bits per heavy atom. The van der Waals surface area contributed by atoms with Crippen molar-refractivity contribution in [2.45, 2.75) is 19.3 Å². The summed E-state index contributed by atoms with van der Waals surface area (Å²) in [5, 5.41) is 3.82. The number of halogens is 2. The highest BCUT2D eigenvalue weighted by molar-refractivity contribution is 6.30. The molecule has 192 valence electrons. The lowest BCUT2D eigenvalue weighted by atomic mass is 10.2. The monoisotopic (exact) mass is 543 g/mol. The van der Waals surface area contributed by atoms with E-state index in [4.69, 9.17) is 32.7 Å². The van der Waals surface area contributed by atoms with Crippen molar-refractivity contribution >= 4 is 52.6 Å². The Bertz CT molecular complexity index is 1230. The van der Waals surface area contributed by atoms with E-state index < -0.39 is 24.4 Å². The molecule has 3 aromatic rings. The molecule has 0 aromatic heterocycles. The summed E-state index contributed by atoms with van der Waals surface area (Å²) in [4.78, 5) is 47.6. The van der Waals surface area contributed by atoms with Crippen molar-refractivity contribution in [1.29, 1.82) is 0 Å². The molecule has 0 unspecified atom stereocenters. The molecule has 0 aliphatic rings. The molecular formula is C26H23Cl2N3O6. The highest BCUT2D eigenvalue weighted by atomic mass is 35.5. The molecule has 37 heavy (non-hydrogen) atoms. The minimum Gasteiger partial charge on any atom is -0.457 e. The molecule has 0 bridgehead atoms. The van der Waals surface area contributed by atoms with Crippen molar-refractivity contribution in [3.63, 3.8) is 0 Å². The van der Waals surface area contributed by atoms with Crippen LogP contribution in [-0.4, -0.2) is 30.3 Å². The first kappa shape index (κ1) is 27.5. The molecule has 0 saturated heterocycles. The first-order chi connectivity index (χ1) is 17.8. The molecular weight excluding hydrogens is 521 g/mol. The number of amides is 3. The molecule has 3 aromatic carbocycles. The van der Waals surface area contributed by atoms with E-state index in [1.54, 1.807) is 48.5 Å². The van der Waals surface area contributed by atoms with Gasteiger partial charge in [-0.1, -0.05) is 23.2 Å². The predicted octanol–water partition coefficient (Wildman–Crippen LogP) is 4.90. The number of hydrogen-bond donors (Lipinski definition) is 3. The quantitative estimate of drug-likeness (QED) is 0.247. The zero-order valence-electron chi connectivity index (χ0n) is 19.5. The Morgan fingerprint density at radius 2 is 1.24 bits per heavy atom. The van der Waals surface area contributed by atoms with Gasteiger partial charge in [-0.25, -0.2) is 0 Å². The average molecular weight is 544 g/mol. The zero-order valence-corrected chi connectivity index (χ0v) is 21.0. The van der Waals surface area contributed by atoms with Gasteiger partial charge in [-0.15, -0.1) is 0 Å². The van der Waals surface area contributed by atoms with Gasteiger partial charge in [-0.2, -0.15) is 0 Å². The molecule has 0 atom stereocenters. The summed E-state index contributed by atoms with van der Waals surface area (Å²) in [6.07, 6.45) is 0.268. The van der Waals surface area contributed by atoms with Crippen molar-refractivity contribution in [1.82, 2.24) is 10.9 Å². The van der Waals surface area contributed by atoms with E-state index in [0.717, 1.165) is 0 Å². The number of rotatable bonds is 10. The SMILES string of the molecule is O=C(COC(=O)CCCC(=O)Nc1ccc(Oc2ccc(Cl)cc2)cc1)NNC(=O)c1ccc(Cl)cc1. The minimum absolute atomic E-state index is 0.0499. The molecule has 3 N–H and O–H groups in total. The van der Waals surface area contributed by atoms with Gasteiger partial charge in [0.2, 0.25) is 5.91 Å². The van der Waals surface area contributed by atoms with Crippen LogP contribution in [0, 0.1) is 0 Å². The lowest BCUT2D eigenvalue weighted by Gasteiger charge is -2.09. The van der Waals surface area contributed by atoms with Crippen molar-refractivity contribution in [2.24, 2.45) is 0 Å². The highest BCUT2D eigenvalue weighted by Gasteiger charge is 2.11. The Morgan fingerprint density at radius 3 is 1.86 bits per heavy atom. The summed E-state index contributed by atoms with van der Waals surface area (Å²) >= 11 is 11.6. The number of esters is 1. The molecule has 0 spiro atoms.